The summed E-state index contributed by atoms with van der Waals surface area (Å²) < 4.78 is 0. The van der Waals surface area contributed by atoms with Crippen molar-refractivity contribution in [1.29, 1.82) is 0 Å². The van der Waals surface area contributed by atoms with Gasteiger partial charge >= 0.3 is 0 Å². The predicted octanol–water partition coefficient (Wildman–Crippen LogP) is 2.86. The van der Waals surface area contributed by atoms with Gasteiger partial charge in [0.1, 0.15) is 5.69 Å². The fourth-order valence-corrected chi connectivity index (χ4v) is 2.86. The average molecular weight is 332 g/mol. The van der Waals surface area contributed by atoms with Crippen LogP contribution >= 0.6 is 11.3 Å². The largest absolute Gasteiger partial charge is 0.375 e. The Labute approximate surface area is 136 Å². The molecule has 3 rings (SSSR count). The van der Waals surface area contributed by atoms with E-state index in [1.165, 1.54) is 17.4 Å². The Balaban J connectivity index is 1.77. The maximum atomic E-state index is 12.0. The highest BCUT2D eigenvalue weighted by Gasteiger charge is 2.25. The van der Waals surface area contributed by atoms with Crippen LogP contribution in [-0.4, -0.2) is 21.9 Å². The van der Waals surface area contributed by atoms with E-state index in [-0.39, 0.29) is 17.6 Å². The molecule has 0 aliphatic heterocycles. The molecule has 23 heavy (non-hydrogen) atoms. The fraction of sp³-hybridized carbons (Fsp3) is 0.333. The number of thiazole rings is 1. The zero-order valence-electron chi connectivity index (χ0n) is 12.5. The van der Waals surface area contributed by atoms with Crippen LogP contribution in [0.15, 0.2) is 23.7 Å². The van der Waals surface area contributed by atoms with Gasteiger partial charge < -0.3 is 10.6 Å². The number of amides is 1. The summed E-state index contributed by atoms with van der Waals surface area (Å²) in [6.45, 7) is 2.36. The van der Waals surface area contributed by atoms with E-state index in [2.05, 4.69) is 15.6 Å². The van der Waals surface area contributed by atoms with Gasteiger partial charge in [-0.2, -0.15) is 0 Å². The van der Waals surface area contributed by atoms with E-state index in [0.29, 0.717) is 17.8 Å². The van der Waals surface area contributed by atoms with E-state index in [0.717, 1.165) is 23.4 Å². The van der Waals surface area contributed by atoms with Crippen LogP contribution in [-0.2, 0) is 6.54 Å². The summed E-state index contributed by atoms with van der Waals surface area (Å²) in [5, 5.41) is 17.2. The topological polar surface area (TPSA) is 97.2 Å². The molecule has 8 heteroatoms. The predicted molar refractivity (Wildman–Crippen MR) is 87.8 cm³/mol. The Morgan fingerprint density at radius 2 is 2.26 bits per heavy atom. The summed E-state index contributed by atoms with van der Waals surface area (Å²) in [6, 6.07) is 4.72. The first-order chi connectivity index (χ1) is 11.0. The molecule has 2 N–H and O–H groups in total. The Hall–Kier alpha value is -2.48. The van der Waals surface area contributed by atoms with Crippen LogP contribution in [0, 0.1) is 17.0 Å². The highest BCUT2D eigenvalue weighted by atomic mass is 32.1. The monoisotopic (exact) mass is 332 g/mol. The third-order valence-electron chi connectivity index (χ3n) is 3.65. The molecular weight excluding hydrogens is 316 g/mol. The lowest BCUT2D eigenvalue weighted by molar-refractivity contribution is -0.384. The van der Waals surface area contributed by atoms with Gasteiger partial charge in [0.15, 0.2) is 0 Å². The van der Waals surface area contributed by atoms with Crippen molar-refractivity contribution in [3.8, 4) is 0 Å². The summed E-state index contributed by atoms with van der Waals surface area (Å²) in [7, 11) is 0. The van der Waals surface area contributed by atoms with Gasteiger partial charge in [-0.25, -0.2) is 4.98 Å². The van der Waals surface area contributed by atoms with E-state index in [9.17, 15) is 14.9 Å². The molecule has 1 fully saturated rings. The number of carbonyl (C=O) groups is 1. The van der Waals surface area contributed by atoms with Crippen molar-refractivity contribution in [1.82, 2.24) is 10.3 Å². The van der Waals surface area contributed by atoms with E-state index in [1.54, 1.807) is 17.6 Å². The molecule has 0 atom stereocenters. The minimum atomic E-state index is -0.476. The zero-order valence-corrected chi connectivity index (χ0v) is 13.4. The first-order valence-corrected chi connectivity index (χ1v) is 8.14. The van der Waals surface area contributed by atoms with Crippen LogP contribution < -0.4 is 10.6 Å². The van der Waals surface area contributed by atoms with Crippen molar-refractivity contribution in [2.75, 3.05) is 5.32 Å². The summed E-state index contributed by atoms with van der Waals surface area (Å²) in [5.74, 6) is -0.263. The van der Waals surface area contributed by atoms with E-state index >= 15 is 0 Å². The Morgan fingerprint density at radius 1 is 1.48 bits per heavy atom. The number of hydrogen-bond donors (Lipinski definition) is 2. The molecule has 1 amide bonds. The number of nitrogens with zero attached hydrogens (tertiary/aromatic N) is 2. The molecule has 1 heterocycles. The number of benzene rings is 1. The molecule has 1 saturated carbocycles. The molecule has 0 radical (unpaired) electrons. The molecular formula is C15H16N4O3S. The van der Waals surface area contributed by atoms with Crippen LogP contribution in [0.5, 0.6) is 0 Å². The lowest BCUT2D eigenvalue weighted by Gasteiger charge is -2.08. The van der Waals surface area contributed by atoms with Crippen LogP contribution in [0.1, 0.15) is 33.8 Å². The first kappa shape index (κ1) is 15.4. The smallest absolute Gasteiger partial charge is 0.293 e. The Kier molecular flexibility index (Phi) is 4.24. The van der Waals surface area contributed by atoms with E-state index in [4.69, 9.17) is 0 Å². The third kappa shape index (κ3) is 3.65. The lowest BCUT2D eigenvalue weighted by atomic mass is 10.1. The Bertz CT molecular complexity index is 755. The highest BCUT2D eigenvalue weighted by molar-refractivity contribution is 7.09. The molecule has 1 aliphatic rings. The second-order valence-electron chi connectivity index (χ2n) is 5.45. The summed E-state index contributed by atoms with van der Waals surface area (Å²) >= 11 is 1.50. The number of aromatic nitrogens is 1. The number of anilines is 1. The number of nitrogens with one attached hydrogen (secondary N) is 2. The number of hydrogen-bond acceptors (Lipinski definition) is 6. The van der Waals surface area contributed by atoms with Crippen LogP contribution in [0.4, 0.5) is 11.4 Å². The summed E-state index contributed by atoms with van der Waals surface area (Å²) in [4.78, 5) is 28.0. The molecule has 2 aromatic rings. The molecule has 0 spiro atoms. The lowest BCUT2D eigenvalue weighted by Crippen LogP contribution is -2.25. The number of carbonyl (C=O) groups excluding carboxylic acids is 1. The first-order valence-electron chi connectivity index (χ1n) is 7.26. The highest BCUT2D eigenvalue weighted by Crippen LogP contribution is 2.27. The molecule has 0 saturated heterocycles. The molecule has 0 bridgehead atoms. The molecule has 1 aromatic carbocycles. The SMILES string of the molecule is Cc1ncsc1CNc1ccc(C(=O)NC2CC2)cc1[N+](=O)[O-]. The van der Waals surface area contributed by atoms with Crippen LogP contribution in [0.25, 0.3) is 0 Å². The van der Waals surface area contributed by atoms with Gasteiger partial charge in [-0.05, 0) is 31.9 Å². The van der Waals surface area contributed by atoms with Gasteiger partial charge in [-0.3, -0.25) is 14.9 Å². The zero-order chi connectivity index (χ0) is 16.4. The minimum Gasteiger partial charge on any atom is -0.375 e. The number of aryl methyl sites for hydroxylation is 1. The number of nitro benzene ring substituents is 1. The second-order valence-corrected chi connectivity index (χ2v) is 6.39. The quantitative estimate of drug-likeness (QED) is 0.626. The third-order valence-corrected chi connectivity index (χ3v) is 4.59. The summed E-state index contributed by atoms with van der Waals surface area (Å²) in [5.41, 5.74) is 3.25. The molecule has 0 unspecified atom stereocenters. The van der Waals surface area contributed by atoms with Gasteiger partial charge in [0.25, 0.3) is 11.6 Å². The average Bonchev–Trinajstić information content (AvgIpc) is 3.25. The minimum absolute atomic E-state index is 0.101. The number of rotatable bonds is 6. The molecule has 7 nitrogen and oxygen atoms in total. The molecule has 120 valence electrons. The van der Waals surface area contributed by atoms with E-state index < -0.39 is 4.92 Å². The standard InChI is InChI=1S/C15H16N4O3S/c1-9-14(23-8-17-9)7-16-12-5-2-10(6-13(12)19(21)22)15(20)18-11-3-4-11/h2,5-6,8,11,16H,3-4,7H2,1H3,(H,18,20). The van der Waals surface area contributed by atoms with Crippen molar-refractivity contribution in [2.45, 2.75) is 32.4 Å². The van der Waals surface area contributed by atoms with Crippen molar-refractivity contribution < 1.29 is 9.72 Å². The molecule has 1 aliphatic carbocycles. The Morgan fingerprint density at radius 3 is 2.87 bits per heavy atom. The molecule has 1 aromatic heterocycles. The maximum absolute atomic E-state index is 12.0. The van der Waals surface area contributed by atoms with E-state index in [1.807, 2.05) is 6.92 Å². The fourth-order valence-electron chi connectivity index (χ4n) is 2.14. The maximum Gasteiger partial charge on any atom is 0.293 e. The van der Waals surface area contributed by atoms with Crippen molar-refractivity contribution >= 4 is 28.6 Å². The van der Waals surface area contributed by atoms with Gasteiger partial charge in [-0.1, -0.05) is 0 Å². The van der Waals surface area contributed by atoms with Crippen LogP contribution in [0.2, 0.25) is 0 Å². The van der Waals surface area contributed by atoms with Gasteiger partial charge in [-0.15, -0.1) is 11.3 Å². The van der Waals surface area contributed by atoms with Crippen molar-refractivity contribution in [2.24, 2.45) is 0 Å². The van der Waals surface area contributed by atoms with Gasteiger partial charge in [0.2, 0.25) is 0 Å². The van der Waals surface area contributed by atoms with Crippen molar-refractivity contribution in [3.05, 3.63) is 50.0 Å². The van der Waals surface area contributed by atoms with Gasteiger partial charge in [0.05, 0.1) is 22.7 Å². The normalized spacial score (nSPS) is 13.6. The van der Waals surface area contributed by atoms with Crippen molar-refractivity contribution in [3.63, 3.8) is 0 Å². The van der Waals surface area contributed by atoms with Crippen LogP contribution in [0.3, 0.4) is 0 Å². The number of nitro groups is 1. The van der Waals surface area contributed by atoms with Gasteiger partial charge in [0, 0.05) is 22.5 Å². The second kappa shape index (κ2) is 6.33. The summed E-state index contributed by atoms with van der Waals surface area (Å²) in [6.07, 6.45) is 1.95.